The van der Waals surface area contributed by atoms with Crippen molar-refractivity contribution in [3.8, 4) is 5.75 Å². The Bertz CT molecular complexity index is 329. The first-order valence-electron chi connectivity index (χ1n) is 3.95. The summed E-state index contributed by atoms with van der Waals surface area (Å²) < 4.78 is 27.0. The van der Waals surface area contributed by atoms with E-state index in [-0.39, 0.29) is 0 Å². The van der Waals surface area contributed by atoms with Gasteiger partial charge in [0.2, 0.25) is 0 Å². The number of aromatic hydroxyl groups is 1. The van der Waals surface area contributed by atoms with Crippen LogP contribution in [0.25, 0.3) is 0 Å². The van der Waals surface area contributed by atoms with Gasteiger partial charge in [0.1, 0.15) is 5.75 Å². The average molecular weight is 267 g/mol. The van der Waals surface area contributed by atoms with Crippen molar-refractivity contribution in [3.05, 3.63) is 28.2 Å². The summed E-state index contributed by atoms with van der Waals surface area (Å²) in [5, 5.41) is 17.7. The maximum Gasteiger partial charge on any atom is 0.278 e. The van der Waals surface area contributed by atoms with Gasteiger partial charge in [-0.1, -0.05) is 15.9 Å². The molecule has 0 spiro atoms. The van der Waals surface area contributed by atoms with Crippen LogP contribution in [0.2, 0.25) is 0 Å². The normalized spacial score (nSPS) is 11.7. The summed E-state index contributed by atoms with van der Waals surface area (Å²) in [4.78, 5) is 0. The molecule has 0 bridgehead atoms. The number of hydrogen-bond donors (Lipinski definition) is 2. The molecule has 0 aliphatic rings. The minimum atomic E-state index is -3.19. The predicted octanol–water partition coefficient (Wildman–Crippen LogP) is 2.63. The molecule has 14 heavy (non-hydrogen) atoms. The number of halogens is 3. The van der Waals surface area contributed by atoms with E-state index in [4.69, 9.17) is 5.11 Å². The van der Waals surface area contributed by atoms with Gasteiger partial charge in [0.05, 0.1) is 5.56 Å². The fourth-order valence-corrected chi connectivity index (χ4v) is 1.44. The van der Waals surface area contributed by atoms with Gasteiger partial charge in [-0.25, -0.2) is 8.78 Å². The molecule has 2 N–H and O–H groups in total. The summed E-state index contributed by atoms with van der Waals surface area (Å²) in [5.41, 5.74) is -0.463. The summed E-state index contributed by atoms with van der Waals surface area (Å²) in [6, 6.07) is 3.75. The number of aliphatic hydroxyl groups is 1. The van der Waals surface area contributed by atoms with Gasteiger partial charge in [0.25, 0.3) is 5.92 Å². The molecule has 0 saturated heterocycles. The van der Waals surface area contributed by atoms with E-state index in [2.05, 4.69) is 15.9 Å². The van der Waals surface area contributed by atoms with Crippen LogP contribution in [0.5, 0.6) is 5.75 Å². The van der Waals surface area contributed by atoms with Crippen LogP contribution in [0.3, 0.4) is 0 Å². The minimum Gasteiger partial charge on any atom is -0.507 e. The molecule has 0 aliphatic heterocycles. The lowest BCUT2D eigenvalue weighted by Crippen LogP contribution is -2.15. The molecule has 78 valence electrons. The van der Waals surface area contributed by atoms with Crippen LogP contribution in [-0.2, 0) is 5.92 Å². The molecule has 0 saturated carbocycles. The molecule has 0 heterocycles. The molecule has 1 aromatic rings. The number of hydrogen-bond acceptors (Lipinski definition) is 2. The number of rotatable bonds is 3. The van der Waals surface area contributed by atoms with E-state index < -0.39 is 30.3 Å². The summed E-state index contributed by atoms with van der Waals surface area (Å²) in [5.74, 6) is -3.67. The second-order valence-corrected chi connectivity index (χ2v) is 3.76. The fourth-order valence-electron chi connectivity index (χ4n) is 1.09. The van der Waals surface area contributed by atoms with Crippen LogP contribution >= 0.6 is 15.9 Å². The van der Waals surface area contributed by atoms with Crippen LogP contribution in [0, 0.1) is 0 Å². The Morgan fingerprint density at radius 3 is 2.50 bits per heavy atom. The Hall–Kier alpha value is -0.680. The Kier molecular flexibility index (Phi) is 3.44. The second kappa shape index (κ2) is 4.23. The van der Waals surface area contributed by atoms with Crippen molar-refractivity contribution in [2.75, 3.05) is 6.61 Å². The van der Waals surface area contributed by atoms with Crippen LogP contribution in [0.4, 0.5) is 8.78 Å². The molecule has 0 aliphatic carbocycles. The first-order valence-corrected chi connectivity index (χ1v) is 4.74. The SMILES string of the molecule is OCCC(F)(F)c1ccc(Br)cc1O. The monoisotopic (exact) mass is 266 g/mol. The van der Waals surface area contributed by atoms with Gasteiger partial charge < -0.3 is 10.2 Å². The Morgan fingerprint density at radius 2 is 2.00 bits per heavy atom. The third-order valence-corrected chi connectivity index (χ3v) is 2.27. The van der Waals surface area contributed by atoms with E-state index in [1.165, 1.54) is 12.1 Å². The lowest BCUT2D eigenvalue weighted by molar-refractivity contribution is -0.0287. The molecule has 0 atom stereocenters. The molecule has 0 unspecified atom stereocenters. The highest BCUT2D eigenvalue weighted by molar-refractivity contribution is 9.10. The van der Waals surface area contributed by atoms with Crippen molar-refractivity contribution in [2.24, 2.45) is 0 Å². The number of phenols is 1. The zero-order valence-corrected chi connectivity index (χ0v) is 8.76. The van der Waals surface area contributed by atoms with E-state index in [1.807, 2.05) is 0 Å². The molecule has 1 rings (SSSR count). The van der Waals surface area contributed by atoms with Crippen molar-refractivity contribution < 1.29 is 19.0 Å². The van der Waals surface area contributed by atoms with Gasteiger partial charge in [-0.15, -0.1) is 0 Å². The maximum atomic E-state index is 13.2. The highest BCUT2D eigenvalue weighted by Crippen LogP contribution is 2.38. The minimum absolute atomic E-state index is 0.463. The van der Waals surface area contributed by atoms with E-state index in [9.17, 15) is 13.9 Å². The first-order chi connectivity index (χ1) is 6.47. The van der Waals surface area contributed by atoms with E-state index in [0.717, 1.165) is 6.07 Å². The summed E-state index contributed by atoms with van der Waals surface area (Å²) in [7, 11) is 0. The number of alkyl halides is 2. The lowest BCUT2D eigenvalue weighted by atomic mass is 10.1. The molecular formula is C9H9BrF2O2. The fraction of sp³-hybridized carbons (Fsp3) is 0.333. The smallest absolute Gasteiger partial charge is 0.278 e. The van der Waals surface area contributed by atoms with Gasteiger partial charge in [0, 0.05) is 17.5 Å². The standard InChI is InChI=1S/C9H9BrF2O2/c10-6-1-2-7(8(14)5-6)9(11,12)3-4-13/h1-2,5,13-14H,3-4H2. The maximum absolute atomic E-state index is 13.2. The van der Waals surface area contributed by atoms with Gasteiger partial charge in [-0.05, 0) is 18.2 Å². The van der Waals surface area contributed by atoms with Crippen molar-refractivity contribution >= 4 is 15.9 Å². The quantitative estimate of drug-likeness (QED) is 0.883. The summed E-state index contributed by atoms with van der Waals surface area (Å²) in [6.45, 7) is -0.623. The lowest BCUT2D eigenvalue weighted by Gasteiger charge is -2.16. The topological polar surface area (TPSA) is 40.5 Å². The highest BCUT2D eigenvalue weighted by atomic mass is 79.9. The Balaban J connectivity index is 3.06. The van der Waals surface area contributed by atoms with Crippen LogP contribution < -0.4 is 0 Å². The average Bonchev–Trinajstić information content (AvgIpc) is 2.02. The van der Waals surface area contributed by atoms with Crippen molar-refractivity contribution in [1.82, 2.24) is 0 Å². The molecule has 5 heteroatoms. The van der Waals surface area contributed by atoms with E-state index >= 15 is 0 Å². The summed E-state index contributed by atoms with van der Waals surface area (Å²) >= 11 is 3.05. The number of phenolic OH excluding ortho intramolecular Hbond substituents is 1. The summed E-state index contributed by atoms with van der Waals surface area (Å²) in [6.07, 6.45) is -0.692. The second-order valence-electron chi connectivity index (χ2n) is 2.84. The third kappa shape index (κ3) is 2.42. The van der Waals surface area contributed by atoms with Crippen LogP contribution in [-0.4, -0.2) is 16.8 Å². The molecule has 0 aromatic heterocycles. The van der Waals surface area contributed by atoms with Crippen molar-refractivity contribution in [2.45, 2.75) is 12.3 Å². The Morgan fingerprint density at radius 1 is 1.36 bits per heavy atom. The molecule has 2 nitrogen and oxygen atoms in total. The van der Waals surface area contributed by atoms with Gasteiger partial charge >= 0.3 is 0 Å². The molecule has 0 radical (unpaired) electrons. The van der Waals surface area contributed by atoms with E-state index in [0.29, 0.717) is 4.47 Å². The zero-order chi connectivity index (χ0) is 10.8. The molecule has 1 aromatic carbocycles. The van der Waals surface area contributed by atoms with Gasteiger partial charge in [0.15, 0.2) is 0 Å². The molecule has 0 fully saturated rings. The van der Waals surface area contributed by atoms with Crippen molar-refractivity contribution in [3.63, 3.8) is 0 Å². The third-order valence-electron chi connectivity index (χ3n) is 1.78. The first kappa shape index (κ1) is 11.4. The molecular weight excluding hydrogens is 258 g/mol. The van der Waals surface area contributed by atoms with Gasteiger partial charge in [-0.3, -0.25) is 0 Å². The van der Waals surface area contributed by atoms with Gasteiger partial charge in [-0.2, -0.15) is 0 Å². The van der Waals surface area contributed by atoms with E-state index in [1.54, 1.807) is 0 Å². The predicted molar refractivity (Wildman–Crippen MR) is 51.4 cm³/mol. The molecule has 0 amide bonds. The van der Waals surface area contributed by atoms with Crippen LogP contribution in [0.1, 0.15) is 12.0 Å². The zero-order valence-electron chi connectivity index (χ0n) is 7.17. The Labute approximate surface area is 88.3 Å². The van der Waals surface area contributed by atoms with Crippen molar-refractivity contribution in [1.29, 1.82) is 0 Å². The number of aliphatic hydroxyl groups excluding tert-OH is 1. The highest BCUT2D eigenvalue weighted by Gasteiger charge is 2.33. The number of benzene rings is 1. The largest absolute Gasteiger partial charge is 0.507 e. The van der Waals surface area contributed by atoms with Crippen LogP contribution in [0.15, 0.2) is 22.7 Å².